The van der Waals surface area contributed by atoms with Gasteiger partial charge in [-0.25, -0.2) is 9.78 Å². The molecule has 0 bridgehead atoms. The highest BCUT2D eigenvalue weighted by Gasteiger charge is 2.30. The number of halogens is 1. The van der Waals surface area contributed by atoms with Crippen LogP contribution in [-0.4, -0.2) is 48.9 Å². The molecule has 0 radical (unpaired) electrons. The molecule has 6 nitrogen and oxygen atoms in total. The molecule has 1 amide bonds. The Morgan fingerprint density at radius 1 is 1.44 bits per heavy atom. The Balaban J connectivity index is 1.77. The molecule has 1 aliphatic rings. The van der Waals surface area contributed by atoms with E-state index in [9.17, 15) is 4.79 Å². The summed E-state index contributed by atoms with van der Waals surface area (Å²) in [5.41, 5.74) is 0. The number of hydrogen-bond donors (Lipinski definition) is 0. The van der Waals surface area contributed by atoms with E-state index >= 15 is 0 Å². The second-order valence-corrected chi connectivity index (χ2v) is 6.68. The number of benzene rings is 1. The smallest absolute Gasteiger partial charge is 0.410 e. The predicted molar refractivity (Wildman–Crippen MR) is 98.2 cm³/mol. The van der Waals surface area contributed by atoms with E-state index in [0.29, 0.717) is 25.6 Å². The number of aromatic nitrogens is 1. The van der Waals surface area contributed by atoms with Crippen LogP contribution in [0.4, 0.5) is 4.79 Å². The lowest BCUT2D eigenvalue weighted by molar-refractivity contribution is 0.0913. The summed E-state index contributed by atoms with van der Waals surface area (Å²) in [6.45, 7) is 3.29. The molecule has 2 heterocycles. The van der Waals surface area contributed by atoms with Crippen molar-refractivity contribution in [3.05, 3.63) is 28.9 Å². The van der Waals surface area contributed by atoms with E-state index in [1.165, 1.54) is 0 Å². The number of hydrogen-bond acceptors (Lipinski definition) is 5. The van der Waals surface area contributed by atoms with Crippen LogP contribution in [0.1, 0.15) is 19.8 Å². The van der Waals surface area contributed by atoms with E-state index in [1.807, 2.05) is 25.1 Å². The third-order valence-electron chi connectivity index (χ3n) is 4.29. The molecule has 25 heavy (non-hydrogen) atoms. The lowest BCUT2D eigenvalue weighted by Gasteiger charge is -2.23. The number of carbonyl (C=O) groups is 1. The Labute approximate surface area is 155 Å². The molecule has 0 N–H and O–H groups in total. The summed E-state index contributed by atoms with van der Waals surface area (Å²) in [6.07, 6.45) is 3.30. The van der Waals surface area contributed by atoms with Crippen LogP contribution in [0, 0.1) is 0 Å². The first-order valence-electron chi connectivity index (χ1n) is 8.32. The van der Waals surface area contributed by atoms with Gasteiger partial charge in [-0.2, -0.15) is 0 Å². The third kappa shape index (κ3) is 3.81. The number of carbonyl (C=O) groups excluding carboxylic acids is 1. The summed E-state index contributed by atoms with van der Waals surface area (Å²) in [5, 5.41) is 1.88. The Hall–Kier alpha value is -2.02. The molecule has 1 aliphatic heterocycles. The number of pyridine rings is 1. The number of likely N-dealkylation sites (tertiary alicyclic amines) is 1. The zero-order chi connectivity index (χ0) is 17.8. The molecule has 1 aromatic heterocycles. The van der Waals surface area contributed by atoms with Crippen LogP contribution in [0.5, 0.6) is 11.6 Å². The van der Waals surface area contributed by atoms with Gasteiger partial charge in [0.15, 0.2) is 0 Å². The molecule has 1 atom stereocenters. The Kier molecular flexibility index (Phi) is 5.63. The number of amides is 1. The summed E-state index contributed by atoms with van der Waals surface area (Å²) in [5.74, 6) is 1.31. The normalized spacial score (nSPS) is 16.9. The fourth-order valence-corrected chi connectivity index (χ4v) is 3.55. The van der Waals surface area contributed by atoms with Crippen molar-refractivity contribution < 1.29 is 19.0 Å². The maximum atomic E-state index is 12.0. The largest absolute Gasteiger partial charge is 0.496 e. The van der Waals surface area contributed by atoms with E-state index in [0.717, 1.165) is 33.8 Å². The van der Waals surface area contributed by atoms with Crippen LogP contribution >= 0.6 is 15.9 Å². The van der Waals surface area contributed by atoms with Crippen LogP contribution in [-0.2, 0) is 4.74 Å². The zero-order valence-corrected chi connectivity index (χ0v) is 15.9. The lowest BCUT2D eigenvalue weighted by atomic mass is 10.1. The number of rotatable bonds is 5. The van der Waals surface area contributed by atoms with Gasteiger partial charge in [-0.1, -0.05) is 0 Å². The molecule has 0 aliphatic carbocycles. The van der Waals surface area contributed by atoms with Crippen molar-refractivity contribution in [2.24, 2.45) is 0 Å². The molecule has 0 saturated carbocycles. The first kappa shape index (κ1) is 17.8. The highest BCUT2D eigenvalue weighted by Crippen LogP contribution is 2.34. The first-order valence-corrected chi connectivity index (χ1v) is 9.11. The SMILES string of the molecule is CCOC(=O)N1CCC[C@H]1COc1nccc2cc(OC)c(Br)cc12. The summed E-state index contributed by atoms with van der Waals surface area (Å²) < 4.78 is 17.3. The minimum Gasteiger partial charge on any atom is -0.496 e. The molecule has 3 rings (SSSR count). The van der Waals surface area contributed by atoms with Crippen LogP contribution in [0.25, 0.3) is 10.8 Å². The molecule has 0 spiro atoms. The van der Waals surface area contributed by atoms with Crippen LogP contribution in [0.15, 0.2) is 28.9 Å². The standard InChI is InChI=1S/C18H21BrN2O4/c1-3-24-18(22)21-8-4-5-13(21)11-25-17-14-10-15(19)16(23-2)9-12(14)6-7-20-17/h6-7,9-10,13H,3-5,8,11H2,1-2H3/t13-/m0/s1. The van der Waals surface area contributed by atoms with Crippen molar-refractivity contribution in [3.63, 3.8) is 0 Å². The molecule has 134 valence electrons. The second-order valence-electron chi connectivity index (χ2n) is 5.82. The quantitative estimate of drug-likeness (QED) is 0.747. The summed E-state index contributed by atoms with van der Waals surface area (Å²) in [6, 6.07) is 5.80. The summed E-state index contributed by atoms with van der Waals surface area (Å²) in [4.78, 5) is 18.1. The van der Waals surface area contributed by atoms with Crippen molar-refractivity contribution >= 4 is 32.8 Å². The van der Waals surface area contributed by atoms with Gasteiger partial charge in [0.1, 0.15) is 12.4 Å². The Morgan fingerprint density at radius 3 is 3.04 bits per heavy atom. The van der Waals surface area contributed by atoms with Crippen molar-refractivity contribution in [1.29, 1.82) is 0 Å². The molecule has 7 heteroatoms. The van der Waals surface area contributed by atoms with Gasteiger partial charge in [0.05, 0.1) is 24.2 Å². The number of ether oxygens (including phenoxy) is 3. The molecule has 0 unspecified atom stereocenters. The van der Waals surface area contributed by atoms with Gasteiger partial charge < -0.3 is 19.1 Å². The minimum absolute atomic E-state index is 0.0118. The average molecular weight is 409 g/mol. The summed E-state index contributed by atoms with van der Waals surface area (Å²) >= 11 is 3.50. The van der Waals surface area contributed by atoms with Crippen molar-refractivity contribution in [2.75, 3.05) is 26.9 Å². The second kappa shape index (κ2) is 7.91. The van der Waals surface area contributed by atoms with Crippen LogP contribution < -0.4 is 9.47 Å². The fraction of sp³-hybridized carbons (Fsp3) is 0.444. The predicted octanol–water partition coefficient (Wildman–Crippen LogP) is 4.01. The molecule has 1 fully saturated rings. The highest BCUT2D eigenvalue weighted by molar-refractivity contribution is 9.10. The molecular formula is C18H21BrN2O4. The van der Waals surface area contributed by atoms with E-state index in [1.54, 1.807) is 18.2 Å². The molecule has 1 aromatic carbocycles. The topological polar surface area (TPSA) is 60.9 Å². The van der Waals surface area contributed by atoms with Gasteiger partial charge in [-0.15, -0.1) is 0 Å². The van der Waals surface area contributed by atoms with Gasteiger partial charge in [-0.3, -0.25) is 0 Å². The van der Waals surface area contributed by atoms with Crippen molar-refractivity contribution in [3.8, 4) is 11.6 Å². The number of nitrogens with zero attached hydrogens (tertiary/aromatic N) is 2. The monoisotopic (exact) mass is 408 g/mol. The van der Waals surface area contributed by atoms with Gasteiger partial charge in [-0.05, 0) is 59.3 Å². The van der Waals surface area contributed by atoms with E-state index < -0.39 is 0 Å². The van der Waals surface area contributed by atoms with Gasteiger partial charge in [0.2, 0.25) is 5.88 Å². The maximum Gasteiger partial charge on any atom is 0.410 e. The van der Waals surface area contributed by atoms with E-state index in [2.05, 4.69) is 20.9 Å². The number of fused-ring (bicyclic) bond motifs is 1. The van der Waals surface area contributed by atoms with Gasteiger partial charge in [0, 0.05) is 18.1 Å². The molecular weight excluding hydrogens is 388 g/mol. The fourth-order valence-electron chi connectivity index (χ4n) is 3.05. The molecule has 1 saturated heterocycles. The van der Waals surface area contributed by atoms with Crippen LogP contribution in [0.2, 0.25) is 0 Å². The third-order valence-corrected chi connectivity index (χ3v) is 4.91. The van der Waals surface area contributed by atoms with Gasteiger partial charge in [0.25, 0.3) is 0 Å². The molecule has 2 aromatic rings. The van der Waals surface area contributed by atoms with Gasteiger partial charge >= 0.3 is 6.09 Å². The Bertz CT molecular complexity index is 768. The van der Waals surface area contributed by atoms with E-state index in [4.69, 9.17) is 14.2 Å². The Morgan fingerprint density at radius 2 is 2.28 bits per heavy atom. The average Bonchev–Trinajstić information content (AvgIpc) is 3.08. The zero-order valence-electron chi connectivity index (χ0n) is 14.3. The van der Waals surface area contributed by atoms with E-state index in [-0.39, 0.29) is 12.1 Å². The van der Waals surface area contributed by atoms with Crippen LogP contribution in [0.3, 0.4) is 0 Å². The minimum atomic E-state index is -0.271. The highest BCUT2D eigenvalue weighted by atomic mass is 79.9. The van der Waals surface area contributed by atoms with Crippen molar-refractivity contribution in [1.82, 2.24) is 9.88 Å². The van der Waals surface area contributed by atoms with Crippen molar-refractivity contribution in [2.45, 2.75) is 25.8 Å². The maximum absolute atomic E-state index is 12.0. The summed E-state index contributed by atoms with van der Waals surface area (Å²) in [7, 11) is 1.63. The first-order chi connectivity index (χ1) is 12.1. The lowest BCUT2D eigenvalue weighted by Crippen LogP contribution is -2.39. The number of methoxy groups -OCH3 is 1.